The second-order valence-electron chi connectivity index (χ2n) is 9.63. The molecule has 3 heterocycles. The van der Waals surface area contributed by atoms with Crippen LogP contribution >= 0.6 is 0 Å². The number of rotatable bonds is 6. The normalized spacial score (nSPS) is 16.0. The largest absolute Gasteiger partial charge is 0.444 e. The van der Waals surface area contributed by atoms with E-state index in [4.69, 9.17) is 9.72 Å². The molecular weight excluding hydrogens is 430 g/mol. The van der Waals surface area contributed by atoms with E-state index < -0.39 is 5.60 Å². The highest BCUT2D eigenvalue weighted by Crippen LogP contribution is 2.26. The molecule has 1 saturated heterocycles. The third-order valence-electron chi connectivity index (χ3n) is 5.66. The summed E-state index contributed by atoms with van der Waals surface area (Å²) >= 11 is 0. The molecule has 1 aliphatic heterocycles. The third kappa shape index (κ3) is 5.32. The first-order valence-corrected chi connectivity index (χ1v) is 11.9. The Kier molecular flexibility index (Phi) is 6.77. The molecule has 1 aromatic carbocycles. The van der Waals surface area contributed by atoms with E-state index in [-0.39, 0.29) is 17.7 Å². The molecule has 2 aromatic heterocycles. The molecule has 1 aliphatic rings. The summed E-state index contributed by atoms with van der Waals surface area (Å²) < 4.78 is 7.05. The Labute approximate surface area is 200 Å². The monoisotopic (exact) mass is 463 g/mol. The first-order valence-electron chi connectivity index (χ1n) is 11.9. The zero-order valence-electron chi connectivity index (χ0n) is 20.3. The highest BCUT2D eigenvalue weighted by atomic mass is 16.6. The fourth-order valence-electron chi connectivity index (χ4n) is 4.06. The lowest BCUT2D eigenvalue weighted by Crippen LogP contribution is -2.36. The van der Waals surface area contributed by atoms with Gasteiger partial charge in [-0.3, -0.25) is 9.20 Å². The molecule has 0 radical (unpaired) electrons. The topological polar surface area (TPSA) is 88.0 Å². The van der Waals surface area contributed by atoms with E-state index in [1.807, 2.05) is 63.2 Å². The van der Waals surface area contributed by atoms with Gasteiger partial charge in [-0.2, -0.15) is 0 Å². The van der Waals surface area contributed by atoms with E-state index in [1.165, 1.54) is 0 Å². The molecule has 34 heavy (non-hydrogen) atoms. The van der Waals surface area contributed by atoms with Gasteiger partial charge in [-0.05, 0) is 63.4 Å². The van der Waals surface area contributed by atoms with Crippen LogP contribution < -0.4 is 16.2 Å². The van der Waals surface area contributed by atoms with Gasteiger partial charge in [-0.25, -0.2) is 9.78 Å². The number of pyridine rings is 1. The fourth-order valence-corrected chi connectivity index (χ4v) is 4.06. The number of amides is 1. The van der Waals surface area contributed by atoms with Crippen molar-refractivity contribution >= 4 is 23.2 Å². The molecule has 8 nitrogen and oxygen atoms in total. The lowest BCUT2D eigenvalue weighted by Gasteiger charge is -2.24. The van der Waals surface area contributed by atoms with Crippen LogP contribution in [-0.2, 0) is 4.74 Å². The minimum absolute atomic E-state index is 0.103. The summed E-state index contributed by atoms with van der Waals surface area (Å²) in [4.78, 5) is 32.1. The number of fused-ring (bicyclic) bond motifs is 1. The summed E-state index contributed by atoms with van der Waals surface area (Å²) in [5, 5.41) is 6.81. The predicted molar refractivity (Wildman–Crippen MR) is 136 cm³/mol. The number of carbonyl (C=O) groups is 1. The number of nitrogens with zero attached hydrogens (tertiary/aromatic N) is 3. The van der Waals surface area contributed by atoms with Crippen LogP contribution in [-0.4, -0.2) is 51.7 Å². The fraction of sp³-hybridized carbons (Fsp3) is 0.423. The Morgan fingerprint density at radius 2 is 1.94 bits per heavy atom. The van der Waals surface area contributed by atoms with Gasteiger partial charge in [0.1, 0.15) is 17.1 Å². The van der Waals surface area contributed by atoms with Crippen molar-refractivity contribution in [3.05, 3.63) is 59.0 Å². The summed E-state index contributed by atoms with van der Waals surface area (Å²) in [7, 11) is 0. The molecule has 2 N–H and O–H groups in total. The summed E-state index contributed by atoms with van der Waals surface area (Å²) in [5.41, 5.74) is 2.32. The number of hydrogen-bond acceptors (Lipinski definition) is 6. The Morgan fingerprint density at radius 3 is 2.65 bits per heavy atom. The Bertz CT molecular complexity index is 1210. The number of nitrogens with one attached hydrogen (secondary N) is 2. The third-order valence-corrected chi connectivity index (χ3v) is 5.66. The molecule has 3 aromatic rings. The van der Waals surface area contributed by atoms with E-state index in [2.05, 4.69) is 17.6 Å². The summed E-state index contributed by atoms with van der Waals surface area (Å²) in [6, 6.07) is 13.5. The van der Waals surface area contributed by atoms with E-state index >= 15 is 0 Å². The Hall–Kier alpha value is -3.55. The summed E-state index contributed by atoms with van der Waals surface area (Å²) in [6.45, 7) is 9.69. The van der Waals surface area contributed by atoms with Crippen molar-refractivity contribution < 1.29 is 9.53 Å². The van der Waals surface area contributed by atoms with Crippen molar-refractivity contribution in [1.29, 1.82) is 0 Å². The second kappa shape index (κ2) is 9.75. The van der Waals surface area contributed by atoms with E-state index in [9.17, 15) is 9.59 Å². The Balaban J connectivity index is 1.51. The average molecular weight is 464 g/mol. The first-order chi connectivity index (χ1) is 16.2. The van der Waals surface area contributed by atoms with Crippen LogP contribution in [0, 0.1) is 0 Å². The highest BCUT2D eigenvalue weighted by Gasteiger charge is 2.29. The number of carbonyl (C=O) groups excluding carboxylic acids is 1. The second-order valence-corrected chi connectivity index (χ2v) is 9.63. The molecular formula is C26H33N5O3. The van der Waals surface area contributed by atoms with Gasteiger partial charge in [0.15, 0.2) is 0 Å². The zero-order valence-corrected chi connectivity index (χ0v) is 20.3. The van der Waals surface area contributed by atoms with Crippen molar-refractivity contribution in [2.24, 2.45) is 0 Å². The van der Waals surface area contributed by atoms with E-state index in [0.717, 1.165) is 30.6 Å². The molecule has 1 unspecified atom stereocenters. The molecule has 1 atom stereocenters. The van der Waals surface area contributed by atoms with Crippen LogP contribution in [0.2, 0.25) is 0 Å². The first kappa shape index (κ1) is 23.6. The van der Waals surface area contributed by atoms with Crippen molar-refractivity contribution in [1.82, 2.24) is 14.3 Å². The average Bonchev–Trinajstić information content (AvgIpc) is 3.26. The number of ether oxygens (including phenoxy) is 1. The zero-order chi connectivity index (χ0) is 24.3. The maximum atomic E-state index is 13.3. The number of hydrogen-bond donors (Lipinski definition) is 2. The van der Waals surface area contributed by atoms with Gasteiger partial charge in [-0.1, -0.05) is 25.1 Å². The highest BCUT2D eigenvalue weighted by molar-refractivity contribution is 5.77. The molecule has 0 bridgehead atoms. The van der Waals surface area contributed by atoms with Gasteiger partial charge in [-0.15, -0.1) is 0 Å². The molecule has 1 amide bonds. The Morgan fingerprint density at radius 1 is 1.18 bits per heavy atom. The minimum atomic E-state index is -0.500. The standard InChI is InChI=1S/C26H33N5O3/c1-5-14-27-23-22(24(32)31-15-7-6-8-21(31)29-23)18-9-11-19(12-10-18)28-20-13-16-30(17-20)25(33)34-26(2,3)4/h6-12,15,20,27-28H,5,13-14,16-17H2,1-4H3. The maximum Gasteiger partial charge on any atom is 0.410 e. The van der Waals surface area contributed by atoms with Crippen LogP contribution in [0.15, 0.2) is 53.5 Å². The molecule has 4 rings (SSSR count). The molecule has 180 valence electrons. The predicted octanol–water partition coefficient (Wildman–Crippen LogP) is 4.60. The molecule has 0 aliphatic carbocycles. The summed E-state index contributed by atoms with van der Waals surface area (Å²) in [6.07, 6.45) is 3.25. The molecule has 8 heteroatoms. The smallest absolute Gasteiger partial charge is 0.410 e. The van der Waals surface area contributed by atoms with Crippen LogP contribution in [0.4, 0.5) is 16.3 Å². The van der Waals surface area contributed by atoms with Crippen molar-refractivity contribution in [3.63, 3.8) is 0 Å². The molecule has 0 saturated carbocycles. The number of aromatic nitrogens is 2. The molecule has 1 fully saturated rings. The van der Waals surface area contributed by atoms with Crippen LogP contribution in [0.5, 0.6) is 0 Å². The van der Waals surface area contributed by atoms with Crippen LogP contribution in [0.3, 0.4) is 0 Å². The van der Waals surface area contributed by atoms with Crippen LogP contribution in [0.25, 0.3) is 16.8 Å². The van der Waals surface area contributed by atoms with Gasteiger partial charge in [0, 0.05) is 37.6 Å². The number of likely N-dealkylation sites (tertiary alicyclic amines) is 1. The molecule has 0 spiro atoms. The quantitative estimate of drug-likeness (QED) is 0.555. The van der Waals surface area contributed by atoms with Gasteiger partial charge in [0.2, 0.25) is 0 Å². The summed E-state index contributed by atoms with van der Waals surface area (Å²) in [5.74, 6) is 0.600. The number of anilines is 2. The van der Waals surface area contributed by atoms with Gasteiger partial charge < -0.3 is 20.3 Å². The van der Waals surface area contributed by atoms with Crippen molar-refractivity contribution in [3.8, 4) is 11.1 Å². The van der Waals surface area contributed by atoms with Gasteiger partial charge in [0.05, 0.1) is 5.56 Å². The van der Waals surface area contributed by atoms with E-state index in [1.54, 1.807) is 15.5 Å². The van der Waals surface area contributed by atoms with E-state index in [0.29, 0.717) is 30.1 Å². The lowest BCUT2D eigenvalue weighted by atomic mass is 10.1. The van der Waals surface area contributed by atoms with Crippen molar-refractivity contribution in [2.75, 3.05) is 30.3 Å². The number of benzene rings is 1. The van der Waals surface area contributed by atoms with Crippen molar-refractivity contribution in [2.45, 2.75) is 52.2 Å². The van der Waals surface area contributed by atoms with Crippen LogP contribution in [0.1, 0.15) is 40.5 Å². The SMILES string of the molecule is CCCNc1nc2ccccn2c(=O)c1-c1ccc(NC2CCN(C(=O)OC(C)(C)C)C2)cc1. The maximum absolute atomic E-state index is 13.3. The van der Waals surface area contributed by atoms with Gasteiger partial charge >= 0.3 is 6.09 Å². The minimum Gasteiger partial charge on any atom is -0.444 e. The van der Waals surface area contributed by atoms with Gasteiger partial charge in [0.25, 0.3) is 5.56 Å². The lowest BCUT2D eigenvalue weighted by molar-refractivity contribution is 0.0293.